The van der Waals surface area contributed by atoms with Gasteiger partial charge in [-0.15, -0.1) is 0 Å². The SMILES string of the molecule is CCc1nc(CC)c(C(F)F)nc1CC. The average Bonchev–Trinajstić information content (AvgIpc) is 2.26. The fraction of sp³-hybridized carbons (Fsp3) is 0.636. The Bertz CT molecular complexity index is 338. The lowest BCUT2D eigenvalue weighted by atomic mass is 10.1. The Morgan fingerprint density at radius 1 is 0.867 bits per heavy atom. The van der Waals surface area contributed by atoms with Crippen molar-refractivity contribution in [2.75, 3.05) is 0 Å². The van der Waals surface area contributed by atoms with Crippen molar-refractivity contribution in [1.82, 2.24) is 9.97 Å². The third-order valence-corrected chi connectivity index (χ3v) is 2.37. The summed E-state index contributed by atoms with van der Waals surface area (Å²) in [6.07, 6.45) is -0.625. The molecule has 0 bridgehead atoms. The Morgan fingerprint density at radius 2 is 1.33 bits per heavy atom. The van der Waals surface area contributed by atoms with Crippen LogP contribution in [0.15, 0.2) is 0 Å². The summed E-state index contributed by atoms with van der Waals surface area (Å²) in [4.78, 5) is 8.28. The van der Waals surface area contributed by atoms with Gasteiger partial charge in [-0.25, -0.2) is 13.8 Å². The van der Waals surface area contributed by atoms with E-state index in [4.69, 9.17) is 0 Å². The Balaban J connectivity index is 3.27. The second-order valence-corrected chi connectivity index (χ2v) is 3.31. The highest BCUT2D eigenvalue weighted by Gasteiger charge is 2.17. The molecule has 0 fully saturated rings. The van der Waals surface area contributed by atoms with Crippen LogP contribution in [0.3, 0.4) is 0 Å². The molecule has 0 amide bonds. The maximum Gasteiger partial charge on any atom is 0.282 e. The summed E-state index contributed by atoms with van der Waals surface area (Å²) in [5.74, 6) is 0. The first-order chi connectivity index (χ1) is 7.13. The summed E-state index contributed by atoms with van der Waals surface area (Å²) >= 11 is 0. The zero-order valence-corrected chi connectivity index (χ0v) is 9.35. The van der Waals surface area contributed by atoms with Crippen molar-refractivity contribution >= 4 is 0 Å². The second-order valence-electron chi connectivity index (χ2n) is 3.31. The highest BCUT2D eigenvalue weighted by Crippen LogP contribution is 2.22. The predicted octanol–water partition coefficient (Wildman–Crippen LogP) is 3.10. The zero-order valence-electron chi connectivity index (χ0n) is 9.35. The Labute approximate surface area is 88.8 Å². The molecular formula is C11H16F2N2. The van der Waals surface area contributed by atoms with E-state index in [0.29, 0.717) is 24.2 Å². The van der Waals surface area contributed by atoms with Crippen LogP contribution in [-0.4, -0.2) is 9.97 Å². The Kier molecular flexibility index (Phi) is 4.12. The molecule has 0 atom stereocenters. The molecule has 84 valence electrons. The van der Waals surface area contributed by atoms with Crippen LogP contribution in [0.1, 0.15) is 50.0 Å². The zero-order chi connectivity index (χ0) is 11.4. The van der Waals surface area contributed by atoms with Gasteiger partial charge < -0.3 is 0 Å². The molecule has 0 unspecified atom stereocenters. The lowest BCUT2D eigenvalue weighted by Crippen LogP contribution is -2.09. The van der Waals surface area contributed by atoms with E-state index < -0.39 is 6.43 Å². The molecule has 0 aliphatic heterocycles. The lowest BCUT2D eigenvalue weighted by molar-refractivity contribution is 0.144. The molecule has 0 aliphatic rings. The minimum atomic E-state index is -2.52. The molecule has 0 saturated heterocycles. The third-order valence-electron chi connectivity index (χ3n) is 2.37. The molecule has 1 aromatic rings. The standard InChI is InChI=1S/C11H16F2N2/c1-4-7-8(5-2)15-10(11(12)13)9(6-3)14-7/h11H,4-6H2,1-3H3. The fourth-order valence-electron chi connectivity index (χ4n) is 1.56. The van der Waals surface area contributed by atoms with Crippen molar-refractivity contribution in [3.8, 4) is 0 Å². The van der Waals surface area contributed by atoms with E-state index in [2.05, 4.69) is 9.97 Å². The van der Waals surface area contributed by atoms with Gasteiger partial charge in [-0.2, -0.15) is 0 Å². The molecular weight excluding hydrogens is 198 g/mol. The molecule has 1 heterocycles. The molecule has 2 nitrogen and oxygen atoms in total. The van der Waals surface area contributed by atoms with Crippen LogP contribution in [0, 0.1) is 0 Å². The smallest absolute Gasteiger partial charge is 0.254 e. The number of hydrogen-bond donors (Lipinski definition) is 0. The van der Waals surface area contributed by atoms with Crippen molar-refractivity contribution < 1.29 is 8.78 Å². The molecule has 0 aromatic carbocycles. The van der Waals surface area contributed by atoms with Gasteiger partial charge in [0.05, 0.1) is 17.1 Å². The summed E-state index contributed by atoms with van der Waals surface area (Å²) < 4.78 is 25.3. The number of alkyl halides is 2. The number of hydrogen-bond acceptors (Lipinski definition) is 2. The maximum absolute atomic E-state index is 12.7. The van der Waals surface area contributed by atoms with Crippen molar-refractivity contribution in [2.24, 2.45) is 0 Å². The van der Waals surface area contributed by atoms with E-state index in [9.17, 15) is 8.78 Å². The van der Waals surface area contributed by atoms with Crippen LogP contribution >= 0.6 is 0 Å². The van der Waals surface area contributed by atoms with Gasteiger partial charge in [-0.05, 0) is 19.3 Å². The number of halogens is 2. The quantitative estimate of drug-likeness (QED) is 0.769. The summed E-state index contributed by atoms with van der Waals surface area (Å²) in [5.41, 5.74) is 1.83. The monoisotopic (exact) mass is 214 g/mol. The van der Waals surface area contributed by atoms with Crippen molar-refractivity contribution in [3.05, 3.63) is 22.8 Å². The van der Waals surface area contributed by atoms with Crippen molar-refractivity contribution in [3.63, 3.8) is 0 Å². The molecule has 4 heteroatoms. The lowest BCUT2D eigenvalue weighted by Gasteiger charge is -2.11. The van der Waals surface area contributed by atoms with E-state index in [1.807, 2.05) is 20.8 Å². The topological polar surface area (TPSA) is 25.8 Å². The highest BCUT2D eigenvalue weighted by molar-refractivity contribution is 5.21. The minimum Gasteiger partial charge on any atom is -0.254 e. The molecule has 0 radical (unpaired) electrons. The van der Waals surface area contributed by atoms with Gasteiger partial charge >= 0.3 is 0 Å². The van der Waals surface area contributed by atoms with Gasteiger partial charge in [-0.1, -0.05) is 20.8 Å². The van der Waals surface area contributed by atoms with Crippen LogP contribution in [0.5, 0.6) is 0 Å². The van der Waals surface area contributed by atoms with Gasteiger partial charge in [-0.3, -0.25) is 4.98 Å². The van der Waals surface area contributed by atoms with Crippen LogP contribution in [0.2, 0.25) is 0 Å². The van der Waals surface area contributed by atoms with Crippen molar-refractivity contribution in [2.45, 2.75) is 46.5 Å². The molecule has 1 rings (SSSR count). The van der Waals surface area contributed by atoms with Gasteiger partial charge in [0, 0.05) is 0 Å². The molecule has 0 saturated carbocycles. The molecule has 0 N–H and O–H groups in total. The normalized spacial score (nSPS) is 11.1. The first-order valence-corrected chi connectivity index (χ1v) is 5.30. The van der Waals surface area contributed by atoms with E-state index in [-0.39, 0.29) is 5.69 Å². The van der Waals surface area contributed by atoms with Crippen LogP contribution in [0.25, 0.3) is 0 Å². The van der Waals surface area contributed by atoms with E-state index in [1.54, 1.807) is 0 Å². The van der Waals surface area contributed by atoms with E-state index in [1.165, 1.54) is 0 Å². The Morgan fingerprint density at radius 3 is 1.73 bits per heavy atom. The van der Waals surface area contributed by atoms with Crippen LogP contribution in [-0.2, 0) is 19.3 Å². The second kappa shape index (κ2) is 5.14. The summed E-state index contributed by atoms with van der Waals surface area (Å²) in [5, 5.41) is 0. The number of aryl methyl sites for hydroxylation is 3. The summed E-state index contributed by atoms with van der Waals surface area (Å²) in [6, 6.07) is 0. The van der Waals surface area contributed by atoms with Gasteiger partial charge in [0.25, 0.3) is 6.43 Å². The fourth-order valence-corrected chi connectivity index (χ4v) is 1.56. The molecule has 1 aromatic heterocycles. The Hall–Kier alpha value is -1.06. The summed E-state index contributed by atoms with van der Waals surface area (Å²) in [6.45, 7) is 5.69. The first-order valence-electron chi connectivity index (χ1n) is 5.30. The molecule has 0 aliphatic carbocycles. The van der Waals surface area contributed by atoms with Crippen LogP contribution < -0.4 is 0 Å². The number of nitrogens with zero attached hydrogens (tertiary/aromatic N) is 2. The summed E-state index contributed by atoms with van der Waals surface area (Å²) in [7, 11) is 0. The minimum absolute atomic E-state index is 0.147. The number of aromatic nitrogens is 2. The average molecular weight is 214 g/mol. The third kappa shape index (κ3) is 2.49. The van der Waals surface area contributed by atoms with Gasteiger partial charge in [0.1, 0.15) is 5.69 Å². The van der Waals surface area contributed by atoms with E-state index >= 15 is 0 Å². The van der Waals surface area contributed by atoms with Gasteiger partial charge in [0.2, 0.25) is 0 Å². The van der Waals surface area contributed by atoms with E-state index in [0.717, 1.165) is 12.1 Å². The van der Waals surface area contributed by atoms with Crippen LogP contribution in [0.4, 0.5) is 8.78 Å². The predicted molar refractivity (Wildman–Crippen MR) is 55.1 cm³/mol. The largest absolute Gasteiger partial charge is 0.282 e. The number of rotatable bonds is 4. The molecule has 0 spiro atoms. The highest BCUT2D eigenvalue weighted by atomic mass is 19.3. The maximum atomic E-state index is 12.7. The van der Waals surface area contributed by atoms with Gasteiger partial charge in [0.15, 0.2) is 0 Å². The molecule has 15 heavy (non-hydrogen) atoms. The first kappa shape index (κ1) is 12.0. The van der Waals surface area contributed by atoms with Crippen molar-refractivity contribution in [1.29, 1.82) is 0 Å².